The minimum absolute atomic E-state index is 0.961. The van der Waals surface area contributed by atoms with Crippen molar-refractivity contribution in [3.8, 4) is 5.75 Å². The first-order chi connectivity index (χ1) is 10.7. The molecule has 3 rings (SSSR count). The summed E-state index contributed by atoms with van der Waals surface area (Å²) in [5, 5.41) is 0. The first-order valence-electron chi connectivity index (χ1n) is 7.90. The molecule has 1 aliphatic heterocycles. The largest absolute Gasteiger partial charge is 0.495 e. The number of ether oxygens (including phenoxy) is 1. The van der Waals surface area contributed by atoms with E-state index in [-0.39, 0.29) is 0 Å². The number of rotatable bonds is 3. The Bertz CT molecular complexity index is 625. The molecular formula is C19H24N2O. The van der Waals surface area contributed by atoms with Crippen LogP contribution in [0.5, 0.6) is 5.75 Å². The maximum absolute atomic E-state index is 5.49. The molecule has 0 saturated carbocycles. The second-order valence-electron chi connectivity index (χ2n) is 5.89. The molecule has 22 heavy (non-hydrogen) atoms. The minimum Gasteiger partial charge on any atom is -0.495 e. The summed E-state index contributed by atoms with van der Waals surface area (Å²) in [5.41, 5.74) is 5.34. The van der Waals surface area contributed by atoms with Crippen LogP contribution < -0.4 is 14.5 Å². The molecule has 2 aromatic rings. The van der Waals surface area contributed by atoms with E-state index in [0.29, 0.717) is 0 Å². The first-order valence-corrected chi connectivity index (χ1v) is 7.90. The summed E-state index contributed by atoms with van der Waals surface area (Å²) < 4.78 is 5.49. The molecule has 1 saturated heterocycles. The van der Waals surface area contributed by atoms with Gasteiger partial charge in [0.1, 0.15) is 5.75 Å². The zero-order chi connectivity index (χ0) is 15.5. The number of hydrogen-bond donors (Lipinski definition) is 0. The van der Waals surface area contributed by atoms with E-state index in [9.17, 15) is 0 Å². The molecular weight excluding hydrogens is 272 g/mol. The molecule has 116 valence electrons. The molecule has 3 nitrogen and oxygen atoms in total. The van der Waals surface area contributed by atoms with Gasteiger partial charge in [0.05, 0.1) is 12.8 Å². The molecule has 0 bridgehead atoms. The van der Waals surface area contributed by atoms with Crippen LogP contribution in [-0.4, -0.2) is 33.3 Å². The summed E-state index contributed by atoms with van der Waals surface area (Å²) in [4.78, 5) is 4.93. The summed E-state index contributed by atoms with van der Waals surface area (Å²) in [6.07, 6.45) is 0. The highest BCUT2D eigenvalue weighted by molar-refractivity contribution is 5.62. The molecule has 0 radical (unpaired) electrons. The molecule has 2 aromatic carbocycles. The predicted molar refractivity (Wildman–Crippen MR) is 93.3 cm³/mol. The Kier molecular flexibility index (Phi) is 4.23. The van der Waals surface area contributed by atoms with Crippen LogP contribution in [0, 0.1) is 13.8 Å². The average Bonchev–Trinajstić information content (AvgIpc) is 2.55. The van der Waals surface area contributed by atoms with E-state index in [1.54, 1.807) is 7.11 Å². The SMILES string of the molecule is COc1ccccc1N1CCN(c2c(C)cccc2C)CC1. The molecule has 1 aliphatic rings. The van der Waals surface area contributed by atoms with Crippen molar-refractivity contribution in [2.24, 2.45) is 0 Å². The van der Waals surface area contributed by atoms with E-state index in [2.05, 4.69) is 54.0 Å². The Balaban J connectivity index is 1.75. The summed E-state index contributed by atoms with van der Waals surface area (Å²) in [6, 6.07) is 14.8. The highest BCUT2D eigenvalue weighted by Gasteiger charge is 2.21. The highest BCUT2D eigenvalue weighted by atomic mass is 16.5. The van der Waals surface area contributed by atoms with Crippen molar-refractivity contribution in [1.82, 2.24) is 0 Å². The lowest BCUT2D eigenvalue weighted by Gasteiger charge is -2.39. The molecule has 0 N–H and O–H groups in total. The Morgan fingerprint density at radius 2 is 1.36 bits per heavy atom. The van der Waals surface area contributed by atoms with Gasteiger partial charge in [0.25, 0.3) is 0 Å². The molecule has 3 heteroatoms. The lowest BCUT2D eigenvalue weighted by Crippen LogP contribution is -2.47. The van der Waals surface area contributed by atoms with Gasteiger partial charge >= 0.3 is 0 Å². The Morgan fingerprint density at radius 3 is 2.00 bits per heavy atom. The fraction of sp³-hybridized carbons (Fsp3) is 0.368. The van der Waals surface area contributed by atoms with Gasteiger partial charge in [-0.2, -0.15) is 0 Å². The number of para-hydroxylation sites is 3. The number of nitrogens with zero attached hydrogens (tertiary/aromatic N) is 2. The first kappa shape index (κ1) is 14.8. The molecule has 1 heterocycles. The van der Waals surface area contributed by atoms with Crippen LogP contribution in [0.15, 0.2) is 42.5 Å². The van der Waals surface area contributed by atoms with Crippen molar-refractivity contribution in [1.29, 1.82) is 0 Å². The van der Waals surface area contributed by atoms with Crippen LogP contribution in [0.2, 0.25) is 0 Å². The minimum atomic E-state index is 0.961. The molecule has 0 unspecified atom stereocenters. The number of benzene rings is 2. The number of piperazine rings is 1. The van der Waals surface area contributed by atoms with Crippen molar-refractivity contribution >= 4 is 11.4 Å². The van der Waals surface area contributed by atoms with Gasteiger partial charge in [-0.1, -0.05) is 30.3 Å². The lowest BCUT2D eigenvalue weighted by molar-refractivity contribution is 0.413. The molecule has 0 spiro atoms. The van der Waals surface area contributed by atoms with Gasteiger partial charge in [-0.3, -0.25) is 0 Å². The van der Waals surface area contributed by atoms with Gasteiger partial charge in [0.2, 0.25) is 0 Å². The van der Waals surface area contributed by atoms with Crippen LogP contribution >= 0.6 is 0 Å². The average molecular weight is 296 g/mol. The van der Waals surface area contributed by atoms with Crippen molar-refractivity contribution in [3.63, 3.8) is 0 Å². The fourth-order valence-corrected chi connectivity index (χ4v) is 3.37. The van der Waals surface area contributed by atoms with E-state index in [0.717, 1.165) is 31.9 Å². The second-order valence-corrected chi connectivity index (χ2v) is 5.89. The molecule has 0 amide bonds. The smallest absolute Gasteiger partial charge is 0.142 e. The summed E-state index contributed by atoms with van der Waals surface area (Å²) in [5.74, 6) is 0.961. The predicted octanol–water partition coefficient (Wildman–Crippen LogP) is 3.64. The van der Waals surface area contributed by atoms with Gasteiger partial charge in [-0.15, -0.1) is 0 Å². The lowest BCUT2D eigenvalue weighted by atomic mass is 10.1. The third-order valence-electron chi connectivity index (χ3n) is 4.46. The second kappa shape index (κ2) is 6.30. The van der Waals surface area contributed by atoms with Gasteiger partial charge in [0.15, 0.2) is 0 Å². The number of aryl methyl sites for hydroxylation is 2. The molecule has 1 fully saturated rings. The molecule has 0 aromatic heterocycles. The summed E-state index contributed by atoms with van der Waals surface area (Å²) in [6.45, 7) is 8.54. The van der Waals surface area contributed by atoms with Crippen molar-refractivity contribution in [2.45, 2.75) is 13.8 Å². The third kappa shape index (κ3) is 2.76. The van der Waals surface area contributed by atoms with Crippen molar-refractivity contribution in [2.75, 3.05) is 43.1 Å². The van der Waals surface area contributed by atoms with Crippen molar-refractivity contribution in [3.05, 3.63) is 53.6 Å². The van der Waals surface area contributed by atoms with Gasteiger partial charge in [-0.05, 0) is 37.1 Å². The standard InChI is InChI=1S/C19H24N2O/c1-15-7-6-8-16(2)19(15)21-13-11-20(12-14-21)17-9-4-5-10-18(17)22-3/h4-10H,11-14H2,1-3H3. The zero-order valence-electron chi connectivity index (χ0n) is 13.7. The molecule has 0 aliphatic carbocycles. The summed E-state index contributed by atoms with van der Waals surface area (Å²) in [7, 11) is 1.74. The van der Waals surface area contributed by atoms with Gasteiger partial charge in [0, 0.05) is 31.9 Å². The topological polar surface area (TPSA) is 15.7 Å². The quantitative estimate of drug-likeness (QED) is 0.860. The monoisotopic (exact) mass is 296 g/mol. The van der Waals surface area contributed by atoms with Crippen LogP contribution in [-0.2, 0) is 0 Å². The summed E-state index contributed by atoms with van der Waals surface area (Å²) >= 11 is 0. The Hall–Kier alpha value is -2.16. The fourth-order valence-electron chi connectivity index (χ4n) is 3.37. The van der Waals surface area contributed by atoms with Crippen LogP contribution in [0.25, 0.3) is 0 Å². The number of methoxy groups -OCH3 is 1. The van der Waals surface area contributed by atoms with E-state index >= 15 is 0 Å². The number of hydrogen-bond acceptors (Lipinski definition) is 3. The van der Waals surface area contributed by atoms with E-state index in [1.807, 2.05) is 12.1 Å². The van der Waals surface area contributed by atoms with Crippen LogP contribution in [0.3, 0.4) is 0 Å². The van der Waals surface area contributed by atoms with Crippen LogP contribution in [0.4, 0.5) is 11.4 Å². The highest BCUT2D eigenvalue weighted by Crippen LogP contribution is 2.30. The zero-order valence-corrected chi connectivity index (χ0v) is 13.7. The maximum Gasteiger partial charge on any atom is 0.142 e. The molecule has 0 atom stereocenters. The van der Waals surface area contributed by atoms with Gasteiger partial charge < -0.3 is 14.5 Å². The Labute approximate surface area is 133 Å². The van der Waals surface area contributed by atoms with Crippen LogP contribution in [0.1, 0.15) is 11.1 Å². The van der Waals surface area contributed by atoms with E-state index in [4.69, 9.17) is 4.74 Å². The van der Waals surface area contributed by atoms with E-state index < -0.39 is 0 Å². The van der Waals surface area contributed by atoms with Crippen molar-refractivity contribution < 1.29 is 4.74 Å². The van der Waals surface area contributed by atoms with Gasteiger partial charge in [-0.25, -0.2) is 0 Å². The number of anilines is 2. The normalized spacial score (nSPS) is 15.0. The Morgan fingerprint density at radius 1 is 0.773 bits per heavy atom. The maximum atomic E-state index is 5.49. The van der Waals surface area contributed by atoms with E-state index in [1.165, 1.54) is 22.5 Å². The third-order valence-corrected chi connectivity index (χ3v) is 4.46.